The van der Waals surface area contributed by atoms with Gasteiger partial charge < -0.3 is 8.98 Å². The van der Waals surface area contributed by atoms with E-state index in [0.717, 1.165) is 22.9 Å². The fourth-order valence-corrected chi connectivity index (χ4v) is 2.48. The minimum absolute atomic E-state index is 0.207. The van der Waals surface area contributed by atoms with Gasteiger partial charge in [0, 0.05) is 19.4 Å². The van der Waals surface area contributed by atoms with Gasteiger partial charge in [-0.15, -0.1) is 0 Å². The number of rotatable bonds is 5. The van der Waals surface area contributed by atoms with Crippen LogP contribution in [0.2, 0.25) is 0 Å². The van der Waals surface area contributed by atoms with Crippen molar-refractivity contribution in [3.8, 4) is 0 Å². The van der Waals surface area contributed by atoms with Crippen LogP contribution in [0.3, 0.4) is 0 Å². The van der Waals surface area contributed by atoms with Gasteiger partial charge in [0.25, 0.3) is 0 Å². The Kier molecular flexibility index (Phi) is 4.06. The molecule has 1 unspecified atom stereocenters. The molecule has 0 saturated carbocycles. The number of aryl methyl sites for hydroxylation is 2. The molecule has 5 heteroatoms. The first-order chi connectivity index (χ1) is 10.6. The number of hydrogen-bond donors (Lipinski definition) is 1. The first-order valence-corrected chi connectivity index (χ1v) is 7.15. The number of aromatic nitrogens is 2. The van der Waals surface area contributed by atoms with Crippen LogP contribution in [0.4, 0.5) is 4.39 Å². The highest BCUT2D eigenvalue weighted by Crippen LogP contribution is 2.22. The number of benzene rings is 1. The van der Waals surface area contributed by atoms with Crippen molar-refractivity contribution >= 4 is 0 Å². The predicted octanol–water partition coefficient (Wildman–Crippen LogP) is 3.34. The van der Waals surface area contributed by atoms with Crippen LogP contribution in [0.25, 0.3) is 0 Å². The Morgan fingerprint density at radius 3 is 2.82 bits per heavy atom. The van der Waals surface area contributed by atoms with Crippen molar-refractivity contribution in [2.45, 2.75) is 19.5 Å². The molecule has 4 nitrogen and oxygen atoms in total. The van der Waals surface area contributed by atoms with Gasteiger partial charge in [-0.1, -0.05) is 12.1 Å². The van der Waals surface area contributed by atoms with Gasteiger partial charge in [-0.3, -0.25) is 5.32 Å². The largest absolute Gasteiger partial charge is 0.465 e. The molecule has 0 amide bonds. The third-order valence-electron chi connectivity index (χ3n) is 3.58. The average molecular weight is 299 g/mol. The Hall–Kier alpha value is -2.40. The van der Waals surface area contributed by atoms with Crippen molar-refractivity contribution in [2.75, 3.05) is 0 Å². The van der Waals surface area contributed by atoms with E-state index in [1.54, 1.807) is 12.3 Å². The van der Waals surface area contributed by atoms with Crippen molar-refractivity contribution in [1.29, 1.82) is 0 Å². The quantitative estimate of drug-likeness (QED) is 0.785. The summed E-state index contributed by atoms with van der Waals surface area (Å²) in [7, 11) is 1.92. The molecule has 0 spiro atoms. The van der Waals surface area contributed by atoms with E-state index in [1.165, 1.54) is 12.1 Å². The summed E-state index contributed by atoms with van der Waals surface area (Å²) in [5.41, 5.74) is 0.831. The molecule has 1 aromatic carbocycles. The van der Waals surface area contributed by atoms with Crippen LogP contribution in [-0.4, -0.2) is 9.55 Å². The van der Waals surface area contributed by atoms with E-state index in [9.17, 15) is 4.39 Å². The normalized spacial score (nSPS) is 12.5. The highest BCUT2D eigenvalue weighted by atomic mass is 19.1. The molecule has 1 atom stereocenters. The summed E-state index contributed by atoms with van der Waals surface area (Å²) in [6.45, 7) is 2.45. The molecule has 1 N–H and O–H groups in total. The summed E-state index contributed by atoms with van der Waals surface area (Å²) in [4.78, 5) is 4.39. The smallest absolute Gasteiger partial charge is 0.130 e. The van der Waals surface area contributed by atoms with E-state index in [1.807, 2.05) is 42.9 Å². The van der Waals surface area contributed by atoms with Crippen LogP contribution >= 0.6 is 0 Å². The van der Waals surface area contributed by atoms with Gasteiger partial charge in [-0.2, -0.15) is 0 Å². The maximum atomic E-state index is 13.6. The van der Waals surface area contributed by atoms with E-state index < -0.39 is 0 Å². The highest BCUT2D eigenvalue weighted by molar-refractivity contribution is 5.26. The lowest BCUT2D eigenvalue weighted by molar-refractivity contribution is 0.443. The Labute approximate surface area is 128 Å². The second kappa shape index (κ2) is 6.15. The van der Waals surface area contributed by atoms with Gasteiger partial charge in [0.2, 0.25) is 0 Å². The molecule has 0 bridgehead atoms. The first kappa shape index (κ1) is 14.5. The van der Waals surface area contributed by atoms with Crippen LogP contribution in [-0.2, 0) is 13.6 Å². The molecule has 2 heterocycles. The molecule has 114 valence electrons. The van der Waals surface area contributed by atoms with E-state index >= 15 is 0 Å². The van der Waals surface area contributed by atoms with Crippen molar-refractivity contribution in [3.05, 3.63) is 77.5 Å². The molecule has 0 aliphatic carbocycles. The Morgan fingerprint density at radius 2 is 2.18 bits per heavy atom. The lowest BCUT2D eigenvalue weighted by atomic mass is 10.1. The standard InChI is InChI=1S/C17H18FN3O/c1-12-6-7-15(22-12)11-20-16(17-19-8-9-21(17)2)13-4-3-5-14(18)10-13/h3-10,16,20H,11H2,1-2H3. The Bertz CT molecular complexity index is 763. The van der Waals surface area contributed by atoms with Crippen molar-refractivity contribution in [2.24, 2.45) is 7.05 Å². The van der Waals surface area contributed by atoms with Crippen LogP contribution in [0.5, 0.6) is 0 Å². The maximum Gasteiger partial charge on any atom is 0.130 e. The summed E-state index contributed by atoms with van der Waals surface area (Å²) in [5.74, 6) is 2.28. The van der Waals surface area contributed by atoms with Gasteiger partial charge in [0.05, 0.1) is 12.6 Å². The molecule has 3 rings (SSSR count). The molecule has 0 aliphatic heterocycles. The molecular weight excluding hydrogens is 281 g/mol. The molecule has 0 radical (unpaired) electrons. The van der Waals surface area contributed by atoms with Crippen molar-refractivity contribution in [1.82, 2.24) is 14.9 Å². The van der Waals surface area contributed by atoms with E-state index in [2.05, 4.69) is 10.3 Å². The lowest BCUT2D eigenvalue weighted by Crippen LogP contribution is -2.24. The Balaban J connectivity index is 1.88. The minimum atomic E-state index is -0.257. The summed E-state index contributed by atoms with van der Waals surface area (Å²) < 4.78 is 21.1. The number of nitrogens with zero attached hydrogens (tertiary/aromatic N) is 2. The summed E-state index contributed by atoms with van der Waals surface area (Å²) in [6.07, 6.45) is 3.61. The number of furan rings is 1. The zero-order valence-corrected chi connectivity index (χ0v) is 12.6. The van der Waals surface area contributed by atoms with Crippen LogP contribution < -0.4 is 5.32 Å². The molecular formula is C17H18FN3O. The van der Waals surface area contributed by atoms with Crippen molar-refractivity contribution < 1.29 is 8.81 Å². The van der Waals surface area contributed by atoms with Gasteiger partial charge in [0.1, 0.15) is 23.2 Å². The lowest BCUT2D eigenvalue weighted by Gasteiger charge is -2.18. The van der Waals surface area contributed by atoms with Gasteiger partial charge in [-0.05, 0) is 36.8 Å². The van der Waals surface area contributed by atoms with Crippen LogP contribution in [0, 0.1) is 12.7 Å². The number of hydrogen-bond acceptors (Lipinski definition) is 3. The van der Waals surface area contributed by atoms with E-state index in [0.29, 0.717) is 6.54 Å². The highest BCUT2D eigenvalue weighted by Gasteiger charge is 2.18. The van der Waals surface area contributed by atoms with Gasteiger partial charge >= 0.3 is 0 Å². The topological polar surface area (TPSA) is 43.0 Å². The third kappa shape index (κ3) is 3.09. The third-order valence-corrected chi connectivity index (χ3v) is 3.58. The molecule has 3 aromatic rings. The maximum absolute atomic E-state index is 13.6. The van der Waals surface area contributed by atoms with Gasteiger partial charge in [0.15, 0.2) is 0 Å². The van der Waals surface area contributed by atoms with Crippen LogP contribution in [0.15, 0.2) is 53.2 Å². The SMILES string of the molecule is Cc1ccc(CNC(c2cccc(F)c2)c2nccn2C)o1. The number of nitrogens with one attached hydrogen (secondary N) is 1. The summed E-state index contributed by atoms with van der Waals surface area (Å²) in [6, 6.07) is 10.2. The summed E-state index contributed by atoms with van der Waals surface area (Å²) in [5, 5.41) is 3.39. The molecule has 0 aliphatic rings. The fraction of sp³-hybridized carbons (Fsp3) is 0.235. The second-order valence-corrected chi connectivity index (χ2v) is 5.28. The molecule has 0 fully saturated rings. The molecule has 0 saturated heterocycles. The van der Waals surface area contributed by atoms with E-state index in [4.69, 9.17) is 4.42 Å². The monoisotopic (exact) mass is 299 g/mol. The predicted molar refractivity (Wildman–Crippen MR) is 81.7 cm³/mol. The van der Waals surface area contributed by atoms with Crippen molar-refractivity contribution in [3.63, 3.8) is 0 Å². The zero-order chi connectivity index (χ0) is 15.5. The minimum Gasteiger partial charge on any atom is -0.465 e. The fourth-order valence-electron chi connectivity index (χ4n) is 2.48. The summed E-state index contributed by atoms with van der Waals surface area (Å²) >= 11 is 0. The van der Waals surface area contributed by atoms with E-state index in [-0.39, 0.29) is 11.9 Å². The second-order valence-electron chi connectivity index (χ2n) is 5.28. The zero-order valence-electron chi connectivity index (χ0n) is 12.6. The van der Waals surface area contributed by atoms with Gasteiger partial charge in [-0.25, -0.2) is 9.37 Å². The first-order valence-electron chi connectivity index (χ1n) is 7.15. The molecule has 2 aromatic heterocycles. The number of imidazole rings is 1. The molecule has 22 heavy (non-hydrogen) atoms. The average Bonchev–Trinajstić information content (AvgIpc) is 3.09. The van der Waals surface area contributed by atoms with Crippen LogP contribution in [0.1, 0.15) is 29.0 Å². The Morgan fingerprint density at radius 1 is 1.32 bits per heavy atom. The number of halogens is 1.